The van der Waals surface area contributed by atoms with Gasteiger partial charge in [-0.15, -0.1) is 0 Å². The minimum Gasteiger partial charge on any atom is -0.493 e. The third-order valence-corrected chi connectivity index (χ3v) is 6.36. The van der Waals surface area contributed by atoms with Crippen LogP contribution in [0.4, 0.5) is 4.39 Å². The zero-order valence-corrected chi connectivity index (χ0v) is 19.7. The van der Waals surface area contributed by atoms with Crippen LogP contribution in [0.1, 0.15) is 22.7 Å². The number of fused-ring (bicyclic) bond motifs is 1. The summed E-state index contributed by atoms with van der Waals surface area (Å²) in [5.41, 5.74) is 2.88. The zero-order chi connectivity index (χ0) is 24.5. The van der Waals surface area contributed by atoms with Crippen molar-refractivity contribution in [2.45, 2.75) is 25.1 Å². The lowest BCUT2D eigenvalue weighted by Gasteiger charge is -2.47. The predicted octanol–water partition coefficient (Wildman–Crippen LogP) is 4.32. The van der Waals surface area contributed by atoms with Gasteiger partial charge >= 0.3 is 0 Å². The number of rotatable bonds is 8. The van der Waals surface area contributed by atoms with E-state index >= 15 is 0 Å². The molecule has 0 radical (unpaired) electrons. The molecule has 3 aromatic carbocycles. The summed E-state index contributed by atoms with van der Waals surface area (Å²) in [5.74, 6) is 2.29. The Labute approximate surface area is 202 Å². The van der Waals surface area contributed by atoms with Gasteiger partial charge in [-0.2, -0.15) is 0 Å². The number of halogens is 1. The maximum Gasteiger partial charge on any atom is 0.267 e. The Kier molecular flexibility index (Phi) is 6.11. The number of hydrogen-bond donors (Lipinski definition) is 0. The van der Waals surface area contributed by atoms with E-state index in [1.54, 1.807) is 26.2 Å². The number of carbonyl (C=O) groups is 1. The molecular formula is C27H26FNO6. The molecule has 2 aliphatic rings. The first-order chi connectivity index (χ1) is 17.0. The molecule has 2 atom stereocenters. The van der Waals surface area contributed by atoms with E-state index in [1.807, 2.05) is 24.3 Å². The summed E-state index contributed by atoms with van der Waals surface area (Å²) in [4.78, 5) is 15.1. The number of β-lactam (4-membered cyclic amide) rings is 1. The second kappa shape index (κ2) is 9.37. The summed E-state index contributed by atoms with van der Waals surface area (Å²) < 4.78 is 41.4. The van der Waals surface area contributed by atoms with E-state index in [4.69, 9.17) is 23.7 Å². The molecule has 5 rings (SSSR count). The van der Waals surface area contributed by atoms with Gasteiger partial charge in [0.25, 0.3) is 5.91 Å². The van der Waals surface area contributed by atoms with Crippen LogP contribution >= 0.6 is 0 Å². The molecule has 1 fully saturated rings. The first-order valence-electron chi connectivity index (χ1n) is 11.3. The van der Waals surface area contributed by atoms with Gasteiger partial charge in [0.2, 0.25) is 11.9 Å². The Bertz CT molecular complexity index is 1220. The number of carbonyl (C=O) groups excluding carboxylic acids is 1. The normalized spacial score (nSPS) is 18.4. The molecule has 2 heterocycles. The summed E-state index contributed by atoms with van der Waals surface area (Å²) in [7, 11) is 4.65. The first kappa shape index (κ1) is 22.8. The molecule has 0 aliphatic carbocycles. The van der Waals surface area contributed by atoms with Gasteiger partial charge < -0.3 is 28.6 Å². The molecule has 35 heavy (non-hydrogen) atoms. The van der Waals surface area contributed by atoms with E-state index in [0.717, 1.165) is 28.9 Å². The molecule has 7 nitrogen and oxygen atoms in total. The molecule has 1 saturated heterocycles. The van der Waals surface area contributed by atoms with E-state index in [1.165, 1.54) is 24.3 Å². The third-order valence-electron chi connectivity index (χ3n) is 6.36. The van der Waals surface area contributed by atoms with Crippen LogP contribution in [-0.2, 0) is 17.8 Å². The average Bonchev–Trinajstić information content (AvgIpc) is 3.36. The van der Waals surface area contributed by atoms with Crippen molar-refractivity contribution in [1.29, 1.82) is 0 Å². The number of benzene rings is 3. The summed E-state index contributed by atoms with van der Waals surface area (Å²) in [6, 6.07) is 15.0. The van der Waals surface area contributed by atoms with Crippen LogP contribution < -0.4 is 23.7 Å². The molecule has 1 amide bonds. The van der Waals surface area contributed by atoms with E-state index in [-0.39, 0.29) is 17.8 Å². The topological polar surface area (TPSA) is 66.5 Å². The van der Waals surface area contributed by atoms with Gasteiger partial charge in [-0.1, -0.05) is 6.07 Å². The van der Waals surface area contributed by atoms with Gasteiger partial charge in [0, 0.05) is 13.0 Å². The molecule has 0 unspecified atom stereocenters. The van der Waals surface area contributed by atoms with Crippen LogP contribution in [0.25, 0.3) is 0 Å². The molecule has 8 heteroatoms. The largest absolute Gasteiger partial charge is 0.493 e. The minimum absolute atomic E-state index is 0.162. The lowest BCUT2D eigenvalue weighted by atomic mass is 9.88. The highest BCUT2D eigenvalue weighted by molar-refractivity contribution is 5.89. The maximum absolute atomic E-state index is 13.4. The Morgan fingerprint density at radius 1 is 0.971 bits per heavy atom. The van der Waals surface area contributed by atoms with E-state index < -0.39 is 6.10 Å². The van der Waals surface area contributed by atoms with Crippen molar-refractivity contribution in [3.63, 3.8) is 0 Å². The van der Waals surface area contributed by atoms with Crippen molar-refractivity contribution in [1.82, 2.24) is 4.90 Å². The number of amides is 1. The highest BCUT2D eigenvalue weighted by Gasteiger charge is 2.50. The number of ether oxygens (including phenoxy) is 5. The summed E-state index contributed by atoms with van der Waals surface area (Å²) >= 11 is 0. The van der Waals surface area contributed by atoms with E-state index in [9.17, 15) is 9.18 Å². The minimum atomic E-state index is -0.733. The molecule has 0 spiro atoms. The monoisotopic (exact) mass is 479 g/mol. The molecule has 182 valence electrons. The number of likely N-dealkylation sites (tertiary alicyclic amines) is 1. The maximum atomic E-state index is 13.4. The smallest absolute Gasteiger partial charge is 0.267 e. The van der Waals surface area contributed by atoms with Crippen molar-refractivity contribution in [2.24, 2.45) is 0 Å². The number of nitrogens with zero attached hydrogens (tertiary/aromatic N) is 1. The van der Waals surface area contributed by atoms with Crippen LogP contribution in [0, 0.1) is 5.82 Å². The standard InChI is InChI=1S/C27H26FNO6/c1-31-22-12-16(13-23(32-2)25(22)33-3)15-29-24(18-4-9-21-17(14-18)10-11-34-21)26(27(29)30)35-20-7-5-19(28)6-8-20/h4-9,12-14,24,26H,10-11,15H2,1-3H3/t24-,26+/m1/s1. The van der Waals surface area contributed by atoms with Crippen molar-refractivity contribution < 1.29 is 32.9 Å². The fourth-order valence-electron chi connectivity index (χ4n) is 4.64. The summed E-state index contributed by atoms with van der Waals surface area (Å²) in [6.07, 6.45) is 0.0862. The Morgan fingerprint density at radius 2 is 1.69 bits per heavy atom. The quantitative estimate of drug-likeness (QED) is 0.449. The van der Waals surface area contributed by atoms with Crippen molar-refractivity contribution in [3.8, 4) is 28.7 Å². The van der Waals surface area contributed by atoms with Gasteiger partial charge in [-0.25, -0.2) is 4.39 Å². The third kappa shape index (κ3) is 4.20. The molecule has 0 saturated carbocycles. The Morgan fingerprint density at radius 3 is 2.34 bits per heavy atom. The van der Waals surface area contributed by atoms with Gasteiger partial charge in [-0.3, -0.25) is 4.79 Å². The molecule has 0 N–H and O–H groups in total. The second-order valence-electron chi connectivity index (χ2n) is 8.40. The van der Waals surface area contributed by atoms with Crippen LogP contribution in [0.5, 0.6) is 28.7 Å². The molecule has 0 bridgehead atoms. The van der Waals surface area contributed by atoms with E-state index in [2.05, 4.69) is 6.07 Å². The fraction of sp³-hybridized carbons (Fsp3) is 0.296. The summed E-state index contributed by atoms with van der Waals surface area (Å²) in [6.45, 7) is 0.962. The van der Waals surface area contributed by atoms with E-state index in [0.29, 0.717) is 36.1 Å². The number of methoxy groups -OCH3 is 3. The van der Waals surface area contributed by atoms with Gasteiger partial charge in [0.05, 0.1) is 27.9 Å². The van der Waals surface area contributed by atoms with Gasteiger partial charge in [0.1, 0.15) is 23.4 Å². The van der Waals surface area contributed by atoms with Crippen LogP contribution in [0.2, 0.25) is 0 Å². The zero-order valence-electron chi connectivity index (χ0n) is 19.7. The Hall–Kier alpha value is -3.94. The predicted molar refractivity (Wildman–Crippen MR) is 126 cm³/mol. The second-order valence-corrected chi connectivity index (χ2v) is 8.40. The molecule has 0 aromatic heterocycles. The van der Waals surface area contributed by atoms with Crippen molar-refractivity contribution in [3.05, 3.63) is 77.1 Å². The fourth-order valence-corrected chi connectivity index (χ4v) is 4.64. The molecular weight excluding hydrogens is 453 g/mol. The van der Waals surface area contributed by atoms with Gasteiger partial charge in [0.15, 0.2) is 11.5 Å². The lowest BCUT2D eigenvalue weighted by molar-refractivity contribution is -0.165. The average molecular weight is 480 g/mol. The molecule has 2 aliphatic heterocycles. The van der Waals surface area contributed by atoms with Crippen LogP contribution in [0.3, 0.4) is 0 Å². The first-order valence-corrected chi connectivity index (χ1v) is 11.3. The summed E-state index contributed by atoms with van der Waals surface area (Å²) in [5, 5.41) is 0. The Balaban J connectivity index is 1.47. The SMILES string of the molecule is COc1cc(CN2C(=O)[C@@H](Oc3ccc(F)cc3)[C@H]2c2ccc3c(c2)CCO3)cc(OC)c1OC. The highest BCUT2D eigenvalue weighted by Crippen LogP contribution is 2.43. The lowest BCUT2D eigenvalue weighted by Crippen LogP contribution is -2.60. The van der Waals surface area contributed by atoms with Crippen molar-refractivity contribution in [2.75, 3.05) is 27.9 Å². The number of hydrogen-bond acceptors (Lipinski definition) is 6. The van der Waals surface area contributed by atoms with Crippen LogP contribution in [0.15, 0.2) is 54.6 Å². The molecule has 3 aromatic rings. The van der Waals surface area contributed by atoms with Gasteiger partial charge in [-0.05, 0) is 65.2 Å². The van der Waals surface area contributed by atoms with Crippen LogP contribution in [-0.4, -0.2) is 44.8 Å². The highest BCUT2D eigenvalue weighted by atomic mass is 19.1. The van der Waals surface area contributed by atoms with Crippen molar-refractivity contribution >= 4 is 5.91 Å².